The number of amides is 1. The summed E-state index contributed by atoms with van der Waals surface area (Å²) in [5.41, 5.74) is 0.00832. The maximum absolute atomic E-state index is 12.0. The van der Waals surface area contributed by atoms with Gasteiger partial charge in [0.25, 0.3) is 0 Å². The van der Waals surface area contributed by atoms with E-state index in [1.807, 2.05) is 13.8 Å². The minimum Gasteiger partial charge on any atom is -0.489 e. The molecular formula is C14H21ClN2O2. The fourth-order valence-electron chi connectivity index (χ4n) is 1.33. The maximum Gasteiger partial charge on any atom is 0.244 e. The molecule has 1 aromatic rings. The quantitative estimate of drug-likeness (QED) is 0.874. The van der Waals surface area contributed by atoms with E-state index in [9.17, 15) is 4.79 Å². The van der Waals surface area contributed by atoms with Gasteiger partial charge < -0.3 is 15.4 Å². The van der Waals surface area contributed by atoms with Crippen LogP contribution < -0.4 is 15.4 Å². The number of anilines is 1. The summed E-state index contributed by atoms with van der Waals surface area (Å²) in [4.78, 5) is 12.0. The fraction of sp³-hybridized carbons (Fsp3) is 0.500. The lowest BCUT2D eigenvalue weighted by Crippen LogP contribution is -2.47. The highest BCUT2D eigenvalue weighted by atomic mass is 35.5. The molecule has 0 radical (unpaired) electrons. The van der Waals surface area contributed by atoms with E-state index in [4.69, 9.17) is 16.3 Å². The molecular weight excluding hydrogens is 264 g/mol. The zero-order valence-corrected chi connectivity index (χ0v) is 12.8. The van der Waals surface area contributed by atoms with Gasteiger partial charge in [0.2, 0.25) is 5.91 Å². The molecule has 106 valence electrons. The van der Waals surface area contributed by atoms with E-state index in [0.29, 0.717) is 16.5 Å². The van der Waals surface area contributed by atoms with Gasteiger partial charge in [-0.2, -0.15) is 0 Å². The van der Waals surface area contributed by atoms with Crippen LogP contribution in [0, 0.1) is 0 Å². The zero-order chi connectivity index (χ0) is 14.6. The van der Waals surface area contributed by atoms with E-state index < -0.39 is 5.54 Å². The molecule has 1 rings (SSSR count). The van der Waals surface area contributed by atoms with Crippen molar-refractivity contribution in [1.82, 2.24) is 5.32 Å². The zero-order valence-electron chi connectivity index (χ0n) is 12.0. The molecule has 1 aromatic carbocycles. The standard InChI is InChI=1S/C14H21ClN2O2/c1-9(2)19-12-7-6-10(8-11(12)15)17-13(18)14(3,4)16-5/h6-9,16H,1-5H3,(H,17,18). The average Bonchev–Trinajstić information content (AvgIpc) is 2.32. The number of carbonyl (C=O) groups excluding carboxylic acids is 1. The fourth-order valence-corrected chi connectivity index (χ4v) is 1.55. The van der Waals surface area contributed by atoms with Gasteiger partial charge in [0.1, 0.15) is 5.75 Å². The van der Waals surface area contributed by atoms with Crippen molar-refractivity contribution < 1.29 is 9.53 Å². The lowest BCUT2D eigenvalue weighted by molar-refractivity contribution is -0.121. The van der Waals surface area contributed by atoms with Crippen molar-refractivity contribution in [3.63, 3.8) is 0 Å². The summed E-state index contributed by atoms with van der Waals surface area (Å²) in [5.74, 6) is 0.492. The van der Waals surface area contributed by atoms with E-state index in [2.05, 4.69) is 10.6 Å². The number of halogens is 1. The molecule has 0 atom stereocenters. The maximum atomic E-state index is 12.0. The van der Waals surface area contributed by atoms with Crippen molar-refractivity contribution in [3.05, 3.63) is 23.2 Å². The summed E-state index contributed by atoms with van der Waals surface area (Å²) >= 11 is 6.11. The molecule has 0 aromatic heterocycles. The predicted molar refractivity (Wildman–Crippen MR) is 79.0 cm³/mol. The van der Waals surface area contributed by atoms with Crippen LogP contribution in [0.25, 0.3) is 0 Å². The largest absolute Gasteiger partial charge is 0.489 e. The Morgan fingerprint density at radius 2 is 2.00 bits per heavy atom. The van der Waals surface area contributed by atoms with E-state index in [-0.39, 0.29) is 12.0 Å². The normalized spacial score (nSPS) is 11.5. The Labute approximate surface area is 119 Å². The van der Waals surface area contributed by atoms with Crippen molar-refractivity contribution in [2.45, 2.75) is 39.3 Å². The first-order valence-electron chi connectivity index (χ1n) is 6.23. The van der Waals surface area contributed by atoms with E-state index in [1.165, 1.54) is 0 Å². The highest BCUT2D eigenvalue weighted by Crippen LogP contribution is 2.28. The van der Waals surface area contributed by atoms with Crippen LogP contribution in [0.5, 0.6) is 5.75 Å². The Bertz CT molecular complexity index is 459. The molecule has 19 heavy (non-hydrogen) atoms. The number of benzene rings is 1. The van der Waals surface area contributed by atoms with Crippen molar-refractivity contribution in [1.29, 1.82) is 0 Å². The number of hydrogen-bond acceptors (Lipinski definition) is 3. The topological polar surface area (TPSA) is 50.4 Å². The van der Waals surface area contributed by atoms with Crippen molar-refractivity contribution in [3.8, 4) is 5.75 Å². The van der Waals surface area contributed by atoms with Crippen LogP contribution in [0.2, 0.25) is 5.02 Å². The second kappa shape index (κ2) is 6.26. The molecule has 0 unspecified atom stereocenters. The van der Waals surface area contributed by atoms with E-state index in [0.717, 1.165) is 0 Å². The summed E-state index contributed by atoms with van der Waals surface area (Å²) in [7, 11) is 1.74. The predicted octanol–water partition coefficient (Wildman–Crippen LogP) is 3.06. The minimum absolute atomic E-state index is 0.0566. The van der Waals surface area contributed by atoms with Gasteiger partial charge in [0.05, 0.1) is 16.7 Å². The van der Waals surface area contributed by atoms with Crippen LogP contribution in [0.15, 0.2) is 18.2 Å². The first-order chi connectivity index (χ1) is 8.76. The Balaban J connectivity index is 2.82. The van der Waals surface area contributed by atoms with Gasteiger partial charge in [-0.1, -0.05) is 11.6 Å². The number of hydrogen-bond donors (Lipinski definition) is 2. The molecule has 1 amide bonds. The average molecular weight is 285 g/mol. The van der Waals surface area contributed by atoms with Gasteiger partial charge in [-0.15, -0.1) is 0 Å². The number of rotatable bonds is 5. The molecule has 0 heterocycles. The molecule has 2 N–H and O–H groups in total. The molecule has 4 nitrogen and oxygen atoms in total. The minimum atomic E-state index is -0.639. The highest BCUT2D eigenvalue weighted by molar-refractivity contribution is 6.32. The molecule has 0 saturated heterocycles. The van der Waals surface area contributed by atoms with Crippen LogP contribution in [-0.4, -0.2) is 24.6 Å². The molecule has 0 aliphatic heterocycles. The molecule has 0 saturated carbocycles. The molecule has 0 aliphatic rings. The summed E-state index contributed by atoms with van der Waals surface area (Å²) in [5, 5.41) is 6.24. The SMILES string of the molecule is CNC(C)(C)C(=O)Nc1ccc(OC(C)C)c(Cl)c1. The van der Waals surface area contributed by atoms with Crippen LogP contribution in [-0.2, 0) is 4.79 Å². The van der Waals surface area contributed by atoms with Gasteiger partial charge in [0.15, 0.2) is 0 Å². The third kappa shape index (κ3) is 4.40. The number of carbonyl (C=O) groups is 1. The van der Waals surface area contributed by atoms with Crippen molar-refractivity contribution in [2.24, 2.45) is 0 Å². The van der Waals surface area contributed by atoms with Crippen LogP contribution in [0.4, 0.5) is 5.69 Å². The van der Waals surface area contributed by atoms with Gasteiger partial charge >= 0.3 is 0 Å². The third-order valence-corrected chi connectivity index (χ3v) is 3.04. The monoisotopic (exact) mass is 284 g/mol. The Hall–Kier alpha value is -1.26. The summed E-state index contributed by atoms with van der Waals surface area (Å²) in [6.45, 7) is 7.48. The number of likely N-dealkylation sites (N-methyl/N-ethyl adjacent to an activating group) is 1. The smallest absolute Gasteiger partial charge is 0.244 e. The van der Waals surface area contributed by atoms with Gasteiger partial charge in [-0.05, 0) is 52.9 Å². The third-order valence-electron chi connectivity index (χ3n) is 2.75. The van der Waals surface area contributed by atoms with Gasteiger partial charge in [0, 0.05) is 5.69 Å². The first kappa shape index (κ1) is 15.8. The van der Waals surface area contributed by atoms with E-state index >= 15 is 0 Å². The van der Waals surface area contributed by atoms with Crippen molar-refractivity contribution >= 4 is 23.2 Å². The van der Waals surface area contributed by atoms with Crippen LogP contribution >= 0.6 is 11.6 Å². The van der Waals surface area contributed by atoms with Gasteiger partial charge in [-0.25, -0.2) is 0 Å². The summed E-state index contributed by atoms with van der Waals surface area (Å²) < 4.78 is 5.54. The number of nitrogens with one attached hydrogen (secondary N) is 2. The van der Waals surface area contributed by atoms with Gasteiger partial charge in [-0.3, -0.25) is 4.79 Å². The number of ether oxygens (including phenoxy) is 1. The second-order valence-electron chi connectivity index (χ2n) is 5.14. The highest BCUT2D eigenvalue weighted by Gasteiger charge is 2.25. The summed E-state index contributed by atoms with van der Waals surface area (Å²) in [6.07, 6.45) is 0.0566. The first-order valence-corrected chi connectivity index (χ1v) is 6.60. The van der Waals surface area contributed by atoms with Crippen LogP contribution in [0.1, 0.15) is 27.7 Å². The Morgan fingerprint density at radius 1 is 1.37 bits per heavy atom. The lowest BCUT2D eigenvalue weighted by atomic mass is 10.1. The van der Waals surface area contributed by atoms with E-state index in [1.54, 1.807) is 39.1 Å². The molecule has 0 bridgehead atoms. The molecule has 0 aliphatic carbocycles. The second-order valence-corrected chi connectivity index (χ2v) is 5.55. The Kier molecular flexibility index (Phi) is 5.20. The van der Waals surface area contributed by atoms with Crippen molar-refractivity contribution in [2.75, 3.05) is 12.4 Å². The van der Waals surface area contributed by atoms with Crippen LogP contribution in [0.3, 0.4) is 0 Å². The molecule has 5 heteroatoms. The lowest BCUT2D eigenvalue weighted by Gasteiger charge is -2.23. The Morgan fingerprint density at radius 3 is 2.47 bits per heavy atom. The summed E-state index contributed by atoms with van der Waals surface area (Å²) in [6, 6.07) is 5.21. The molecule has 0 fully saturated rings. The molecule has 0 spiro atoms.